The summed E-state index contributed by atoms with van der Waals surface area (Å²) in [6.45, 7) is 0.894. The maximum atomic E-state index is 12.6. The van der Waals surface area contributed by atoms with Crippen LogP contribution in [0.15, 0.2) is 36.7 Å². The van der Waals surface area contributed by atoms with Crippen molar-refractivity contribution in [2.75, 3.05) is 26.1 Å². The van der Waals surface area contributed by atoms with E-state index in [0.717, 1.165) is 16.9 Å². The standard InChI is InChI=1S/C18H19N3O4/c1-24-14-5-3-13(4-6-14)20-17(22)16-10-19-9-12-11-21(18(23)25-2)8-7-15(12)16/h3-6,9-10H,7-8,11H2,1-2H3,(H,20,22). The second kappa shape index (κ2) is 7.21. The first-order valence-corrected chi connectivity index (χ1v) is 7.86. The zero-order chi connectivity index (χ0) is 17.8. The maximum Gasteiger partial charge on any atom is 0.409 e. The fourth-order valence-corrected chi connectivity index (χ4v) is 2.85. The molecule has 2 heterocycles. The van der Waals surface area contributed by atoms with Crippen molar-refractivity contribution in [3.05, 3.63) is 53.3 Å². The summed E-state index contributed by atoms with van der Waals surface area (Å²) < 4.78 is 9.86. The van der Waals surface area contributed by atoms with Gasteiger partial charge in [-0.25, -0.2) is 4.79 Å². The van der Waals surface area contributed by atoms with Crippen molar-refractivity contribution in [1.29, 1.82) is 0 Å². The number of ether oxygens (including phenoxy) is 2. The molecule has 1 aliphatic heterocycles. The Labute approximate surface area is 145 Å². The zero-order valence-corrected chi connectivity index (χ0v) is 14.1. The topological polar surface area (TPSA) is 80.8 Å². The second-order valence-corrected chi connectivity index (χ2v) is 5.65. The Bertz CT molecular complexity index is 789. The summed E-state index contributed by atoms with van der Waals surface area (Å²) in [5.41, 5.74) is 2.98. The van der Waals surface area contributed by atoms with E-state index in [1.165, 1.54) is 7.11 Å². The third kappa shape index (κ3) is 3.55. The number of carbonyl (C=O) groups excluding carboxylic acids is 2. The molecule has 0 unspecified atom stereocenters. The van der Waals surface area contributed by atoms with E-state index in [0.29, 0.717) is 30.8 Å². The van der Waals surface area contributed by atoms with Gasteiger partial charge in [0.2, 0.25) is 0 Å². The van der Waals surface area contributed by atoms with Gasteiger partial charge < -0.3 is 19.7 Å². The van der Waals surface area contributed by atoms with E-state index in [4.69, 9.17) is 9.47 Å². The zero-order valence-electron chi connectivity index (χ0n) is 14.1. The van der Waals surface area contributed by atoms with Gasteiger partial charge in [0.05, 0.1) is 26.3 Å². The predicted octanol–water partition coefficient (Wildman–Crippen LogP) is 2.47. The van der Waals surface area contributed by atoms with Crippen molar-refractivity contribution in [2.24, 2.45) is 0 Å². The molecule has 0 aliphatic carbocycles. The van der Waals surface area contributed by atoms with Crippen LogP contribution >= 0.6 is 0 Å². The van der Waals surface area contributed by atoms with Gasteiger partial charge in [-0.3, -0.25) is 9.78 Å². The van der Waals surface area contributed by atoms with Crippen molar-refractivity contribution in [3.8, 4) is 5.75 Å². The van der Waals surface area contributed by atoms with Gasteiger partial charge in [0.1, 0.15) is 5.75 Å². The van der Waals surface area contributed by atoms with Crippen LogP contribution < -0.4 is 10.1 Å². The van der Waals surface area contributed by atoms with Gasteiger partial charge in [0.25, 0.3) is 5.91 Å². The van der Waals surface area contributed by atoms with Gasteiger partial charge in [-0.15, -0.1) is 0 Å². The molecule has 1 N–H and O–H groups in total. The highest BCUT2D eigenvalue weighted by molar-refractivity contribution is 6.05. The molecule has 1 aromatic heterocycles. The number of methoxy groups -OCH3 is 2. The molecule has 0 atom stereocenters. The van der Waals surface area contributed by atoms with E-state index in [1.54, 1.807) is 48.7 Å². The largest absolute Gasteiger partial charge is 0.497 e. The molecule has 0 fully saturated rings. The molecule has 1 aromatic carbocycles. The molecule has 2 amide bonds. The van der Waals surface area contributed by atoms with E-state index < -0.39 is 0 Å². The number of carbonyl (C=O) groups is 2. The number of benzene rings is 1. The summed E-state index contributed by atoms with van der Waals surface area (Å²) in [6.07, 6.45) is 3.46. The lowest BCUT2D eigenvalue weighted by Gasteiger charge is -2.28. The normalized spacial score (nSPS) is 13.0. The molecule has 0 spiro atoms. The lowest BCUT2D eigenvalue weighted by Crippen LogP contribution is -2.36. The number of amides is 2. The average Bonchev–Trinajstić information content (AvgIpc) is 2.66. The Morgan fingerprint density at radius 1 is 1.16 bits per heavy atom. The first-order chi connectivity index (χ1) is 12.1. The monoisotopic (exact) mass is 341 g/mol. The fraction of sp³-hybridized carbons (Fsp3) is 0.278. The van der Waals surface area contributed by atoms with Crippen LogP contribution in [0.1, 0.15) is 21.5 Å². The molecule has 130 valence electrons. The van der Waals surface area contributed by atoms with Crippen molar-refractivity contribution >= 4 is 17.7 Å². The van der Waals surface area contributed by atoms with Crippen molar-refractivity contribution in [3.63, 3.8) is 0 Å². The number of pyridine rings is 1. The average molecular weight is 341 g/mol. The summed E-state index contributed by atoms with van der Waals surface area (Å²) >= 11 is 0. The Morgan fingerprint density at radius 3 is 2.60 bits per heavy atom. The van der Waals surface area contributed by atoms with Crippen LogP contribution in [0.5, 0.6) is 5.75 Å². The lowest BCUT2D eigenvalue weighted by molar-refractivity contribution is 0.102. The fourth-order valence-electron chi connectivity index (χ4n) is 2.85. The smallest absolute Gasteiger partial charge is 0.409 e. The van der Waals surface area contributed by atoms with E-state index >= 15 is 0 Å². The Kier molecular flexibility index (Phi) is 4.83. The van der Waals surface area contributed by atoms with Crippen LogP contribution in [0.25, 0.3) is 0 Å². The molecule has 0 radical (unpaired) electrons. The first kappa shape index (κ1) is 16.8. The summed E-state index contributed by atoms with van der Waals surface area (Å²) in [6, 6.07) is 7.11. The van der Waals surface area contributed by atoms with Gasteiger partial charge in [-0.05, 0) is 41.8 Å². The minimum atomic E-state index is -0.376. The summed E-state index contributed by atoms with van der Waals surface area (Å²) in [7, 11) is 2.95. The third-order valence-electron chi connectivity index (χ3n) is 4.17. The molecule has 0 saturated heterocycles. The molecule has 25 heavy (non-hydrogen) atoms. The van der Waals surface area contributed by atoms with Crippen LogP contribution in [0.4, 0.5) is 10.5 Å². The molecule has 2 aromatic rings. The van der Waals surface area contributed by atoms with E-state index in [9.17, 15) is 9.59 Å². The van der Waals surface area contributed by atoms with Crippen molar-refractivity contribution in [2.45, 2.75) is 13.0 Å². The minimum Gasteiger partial charge on any atom is -0.497 e. The summed E-state index contributed by atoms with van der Waals surface area (Å²) in [5, 5.41) is 2.87. The number of nitrogens with one attached hydrogen (secondary N) is 1. The number of hydrogen-bond donors (Lipinski definition) is 1. The number of hydrogen-bond acceptors (Lipinski definition) is 5. The first-order valence-electron chi connectivity index (χ1n) is 7.86. The Hall–Kier alpha value is -3.09. The molecule has 0 saturated carbocycles. The summed E-state index contributed by atoms with van der Waals surface area (Å²) in [5.74, 6) is 0.501. The number of anilines is 1. The molecule has 7 nitrogen and oxygen atoms in total. The Morgan fingerprint density at radius 2 is 1.92 bits per heavy atom. The van der Waals surface area contributed by atoms with Gasteiger partial charge in [0, 0.05) is 24.6 Å². The highest BCUT2D eigenvalue weighted by atomic mass is 16.5. The third-order valence-corrected chi connectivity index (χ3v) is 4.17. The van der Waals surface area contributed by atoms with Crippen LogP contribution in [-0.4, -0.2) is 42.6 Å². The highest BCUT2D eigenvalue weighted by Gasteiger charge is 2.25. The van der Waals surface area contributed by atoms with Crippen LogP contribution in [0.2, 0.25) is 0 Å². The molecule has 0 bridgehead atoms. The molecule has 3 rings (SSSR count). The van der Waals surface area contributed by atoms with Crippen LogP contribution in [0.3, 0.4) is 0 Å². The van der Waals surface area contributed by atoms with Gasteiger partial charge >= 0.3 is 6.09 Å². The second-order valence-electron chi connectivity index (χ2n) is 5.65. The lowest BCUT2D eigenvalue weighted by atomic mass is 9.97. The quantitative estimate of drug-likeness (QED) is 0.927. The number of rotatable bonds is 3. The SMILES string of the molecule is COC(=O)N1CCc2c(cncc2C(=O)Nc2ccc(OC)cc2)C1. The van der Waals surface area contributed by atoms with E-state index in [2.05, 4.69) is 10.3 Å². The molecule has 7 heteroatoms. The van der Waals surface area contributed by atoms with Crippen molar-refractivity contribution < 1.29 is 19.1 Å². The van der Waals surface area contributed by atoms with Crippen molar-refractivity contribution in [1.82, 2.24) is 9.88 Å². The van der Waals surface area contributed by atoms with Gasteiger partial charge in [-0.1, -0.05) is 0 Å². The highest BCUT2D eigenvalue weighted by Crippen LogP contribution is 2.23. The number of nitrogens with zero attached hydrogens (tertiary/aromatic N) is 2. The Balaban J connectivity index is 1.79. The van der Waals surface area contributed by atoms with Gasteiger partial charge in [-0.2, -0.15) is 0 Å². The minimum absolute atomic E-state index is 0.221. The molecular formula is C18H19N3O4. The number of aromatic nitrogens is 1. The summed E-state index contributed by atoms with van der Waals surface area (Å²) in [4.78, 5) is 30.0. The molecule has 1 aliphatic rings. The number of fused-ring (bicyclic) bond motifs is 1. The predicted molar refractivity (Wildman–Crippen MR) is 91.7 cm³/mol. The van der Waals surface area contributed by atoms with E-state index in [1.807, 2.05) is 0 Å². The maximum absolute atomic E-state index is 12.6. The molecular weight excluding hydrogens is 322 g/mol. The van der Waals surface area contributed by atoms with Crippen LogP contribution in [-0.2, 0) is 17.7 Å². The van der Waals surface area contributed by atoms with Gasteiger partial charge in [0.15, 0.2) is 0 Å². The van der Waals surface area contributed by atoms with Crippen LogP contribution in [0, 0.1) is 0 Å². The van der Waals surface area contributed by atoms with E-state index in [-0.39, 0.29) is 12.0 Å².